The molecule has 0 bridgehead atoms. The minimum atomic E-state index is -0.926. The third-order valence-electron chi connectivity index (χ3n) is 2.64. The van der Waals surface area contributed by atoms with Gasteiger partial charge >= 0.3 is 5.97 Å². The average molecular weight is 266 g/mol. The molecule has 0 heterocycles. The summed E-state index contributed by atoms with van der Waals surface area (Å²) in [6.07, 6.45) is 1.91. The van der Waals surface area contributed by atoms with Gasteiger partial charge in [-0.15, -0.1) is 0 Å². The molecule has 0 aliphatic carbocycles. The van der Waals surface area contributed by atoms with Crippen molar-refractivity contribution in [3.05, 3.63) is 29.8 Å². The van der Waals surface area contributed by atoms with E-state index >= 15 is 0 Å². The Bertz CT molecular complexity index is 370. The molecule has 1 aromatic rings. The summed E-state index contributed by atoms with van der Waals surface area (Å²) in [6, 6.07) is 6.42. The summed E-state index contributed by atoms with van der Waals surface area (Å²) in [7, 11) is 0. The van der Waals surface area contributed by atoms with E-state index in [4.69, 9.17) is 14.6 Å². The lowest BCUT2D eigenvalue weighted by Gasteiger charge is -2.08. The largest absolute Gasteiger partial charge is 0.494 e. The Morgan fingerprint density at radius 3 is 2.42 bits per heavy atom. The van der Waals surface area contributed by atoms with Crippen LogP contribution in [0, 0.1) is 5.92 Å². The SMILES string of the molecule is CC(C)CCOCCCOc1ccc(C(=O)O)cc1. The molecule has 0 fully saturated rings. The molecule has 0 spiro atoms. The summed E-state index contributed by atoms with van der Waals surface area (Å²) in [5, 5.41) is 8.75. The predicted octanol–water partition coefficient (Wildman–Crippen LogP) is 3.22. The van der Waals surface area contributed by atoms with Crippen molar-refractivity contribution in [1.29, 1.82) is 0 Å². The van der Waals surface area contributed by atoms with Crippen LogP contribution in [0.3, 0.4) is 0 Å². The van der Waals surface area contributed by atoms with Crippen LogP contribution in [0.5, 0.6) is 5.75 Å². The summed E-state index contributed by atoms with van der Waals surface area (Å²) < 4.78 is 11.0. The van der Waals surface area contributed by atoms with Gasteiger partial charge in [0.15, 0.2) is 0 Å². The topological polar surface area (TPSA) is 55.8 Å². The zero-order valence-corrected chi connectivity index (χ0v) is 11.6. The average Bonchev–Trinajstić information content (AvgIpc) is 2.38. The molecule has 4 heteroatoms. The van der Waals surface area contributed by atoms with Gasteiger partial charge in [-0.25, -0.2) is 4.79 Å². The van der Waals surface area contributed by atoms with E-state index in [0.29, 0.717) is 24.9 Å². The van der Waals surface area contributed by atoms with Gasteiger partial charge in [-0.2, -0.15) is 0 Å². The van der Waals surface area contributed by atoms with Crippen molar-refractivity contribution in [3.8, 4) is 5.75 Å². The molecule has 0 saturated heterocycles. The molecule has 1 rings (SSSR count). The molecule has 0 aromatic heterocycles. The van der Waals surface area contributed by atoms with Crippen LogP contribution in [0.4, 0.5) is 0 Å². The first kappa shape index (κ1) is 15.5. The van der Waals surface area contributed by atoms with E-state index in [9.17, 15) is 4.79 Å². The Hall–Kier alpha value is -1.55. The Morgan fingerprint density at radius 2 is 1.84 bits per heavy atom. The van der Waals surface area contributed by atoms with Gasteiger partial charge in [-0.05, 0) is 36.6 Å². The second-order valence-corrected chi connectivity index (χ2v) is 4.83. The number of rotatable bonds is 9. The van der Waals surface area contributed by atoms with Gasteiger partial charge < -0.3 is 14.6 Å². The van der Waals surface area contributed by atoms with Crippen LogP contribution >= 0.6 is 0 Å². The molecule has 0 atom stereocenters. The summed E-state index contributed by atoms with van der Waals surface area (Å²) in [4.78, 5) is 10.7. The van der Waals surface area contributed by atoms with Crippen LogP contribution in [0.25, 0.3) is 0 Å². The number of carboxylic acid groups (broad SMARTS) is 1. The fourth-order valence-corrected chi connectivity index (χ4v) is 1.47. The van der Waals surface area contributed by atoms with Crippen molar-refractivity contribution >= 4 is 5.97 Å². The number of aromatic carboxylic acids is 1. The molecule has 4 nitrogen and oxygen atoms in total. The van der Waals surface area contributed by atoms with Crippen molar-refractivity contribution in [3.63, 3.8) is 0 Å². The first-order valence-corrected chi connectivity index (χ1v) is 6.63. The van der Waals surface area contributed by atoms with E-state index in [2.05, 4.69) is 13.8 Å². The zero-order chi connectivity index (χ0) is 14.1. The van der Waals surface area contributed by atoms with E-state index in [1.807, 2.05) is 0 Å². The van der Waals surface area contributed by atoms with Crippen LogP contribution < -0.4 is 4.74 Å². The summed E-state index contributed by atoms with van der Waals surface area (Å²) in [6.45, 7) is 6.42. The standard InChI is InChI=1S/C15H22O4/c1-12(2)8-11-18-9-3-10-19-14-6-4-13(5-7-14)15(16)17/h4-7,12H,3,8-11H2,1-2H3,(H,16,17). The number of hydrogen-bond donors (Lipinski definition) is 1. The van der Waals surface area contributed by atoms with Gasteiger partial charge in [0.25, 0.3) is 0 Å². The second kappa shape index (κ2) is 8.53. The van der Waals surface area contributed by atoms with Gasteiger partial charge in [-0.1, -0.05) is 13.8 Å². The summed E-state index contributed by atoms with van der Waals surface area (Å²) in [5.41, 5.74) is 0.268. The minimum Gasteiger partial charge on any atom is -0.494 e. The fraction of sp³-hybridized carbons (Fsp3) is 0.533. The van der Waals surface area contributed by atoms with E-state index in [-0.39, 0.29) is 5.56 Å². The summed E-state index contributed by atoms with van der Waals surface area (Å²) >= 11 is 0. The molecule has 106 valence electrons. The highest BCUT2D eigenvalue weighted by Gasteiger charge is 2.01. The van der Waals surface area contributed by atoms with Crippen molar-refractivity contribution < 1.29 is 19.4 Å². The smallest absolute Gasteiger partial charge is 0.335 e. The van der Waals surface area contributed by atoms with Crippen molar-refractivity contribution in [2.75, 3.05) is 19.8 Å². The maximum Gasteiger partial charge on any atom is 0.335 e. The molecule has 0 unspecified atom stereocenters. The lowest BCUT2D eigenvalue weighted by Crippen LogP contribution is -2.05. The Kier molecular flexibility index (Phi) is 6.97. The lowest BCUT2D eigenvalue weighted by molar-refractivity contribution is 0.0697. The van der Waals surface area contributed by atoms with E-state index in [0.717, 1.165) is 19.4 Å². The molecule has 1 aromatic carbocycles. The third kappa shape index (κ3) is 6.82. The molecule has 1 N–H and O–H groups in total. The molecule has 0 saturated carbocycles. The minimum absolute atomic E-state index is 0.268. The maximum atomic E-state index is 10.7. The predicted molar refractivity (Wildman–Crippen MR) is 73.8 cm³/mol. The fourth-order valence-electron chi connectivity index (χ4n) is 1.47. The van der Waals surface area contributed by atoms with Crippen molar-refractivity contribution in [1.82, 2.24) is 0 Å². The third-order valence-corrected chi connectivity index (χ3v) is 2.64. The number of ether oxygens (including phenoxy) is 2. The van der Waals surface area contributed by atoms with Crippen LogP contribution in [-0.2, 0) is 4.74 Å². The first-order valence-electron chi connectivity index (χ1n) is 6.63. The highest BCUT2D eigenvalue weighted by atomic mass is 16.5. The Balaban J connectivity index is 2.11. The zero-order valence-electron chi connectivity index (χ0n) is 11.6. The van der Waals surface area contributed by atoms with Gasteiger partial charge in [0.2, 0.25) is 0 Å². The van der Waals surface area contributed by atoms with E-state index in [1.54, 1.807) is 12.1 Å². The van der Waals surface area contributed by atoms with Gasteiger partial charge in [-0.3, -0.25) is 0 Å². The Labute approximate surface area is 114 Å². The van der Waals surface area contributed by atoms with Crippen LogP contribution in [-0.4, -0.2) is 30.9 Å². The molecule has 0 aliphatic heterocycles. The number of carboxylic acids is 1. The molecule has 0 radical (unpaired) electrons. The maximum absolute atomic E-state index is 10.7. The van der Waals surface area contributed by atoms with Crippen LogP contribution in [0.2, 0.25) is 0 Å². The van der Waals surface area contributed by atoms with E-state index < -0.39 is 5.97 Å². The van der Waals surface area contributed by atoms with Crippen LogP contribution in [0.1, 0.15) is 37.0 Å². The van der Waals surface area contributed by atoms with Gasteiger partial charge in [0.05, 0.1) is 12.2 Å². The number of carbonyl (C=O) groups is 1. The molecular formula is C15H22O4. The van der Waals surface area contributed by atoms with Crippen LogP contribution in [0.15, 0.2) is 24.3 Å². The van der Waals surface area contributed by atoms with Crippen molar-refractivity contribution in [2.45, 2.75) is 26.7 Å². The molecular weight excluding hydrogens is 244 g/mol. The summed E-state index contributed by atoms with van der Waals surface area (Å²) in [5.74, 6) is 0.432. The molecule has 0 aliphatic rings. The monoisotopic (exact) mass is 266 g/mol. The molecule has 0 amide bonds. The number of benzene rings is 1. The first-order chi connectivity index (χ1) is 9.09. The van der Waals surface area contributed by atoms with Crippen molar-refractivity contribution in [2.24, 2.45) is 5.92 Å². The quantitative estimate of drug-likeness (QED) is 0.697. The lowest BCUT2D eigenvalue weighted by atomic mass is 10.1. The Morgan fingerprint density at radius 1 is 1.16 bits per heavy atom. The highest BCUT2D eigenvalue weighted by molar-refractivity contribution is 5.87. The highest BCUT2D eigenvalue weighted by Crippen LogP contribution is 2.12. The van der Waals surface area contributed by atoms with Gasteiger partial charge in [0.1, 0.15) is 5.75 Å². The molecule has 19 heavy (non-hydrogen) atoms. The second-order valence-electron chi connectivity index (χ2n) is 4.83. The van der Waals surface area contributed by atoms with Gasteiger partial charge in [0, 0.05) is 19.6 Å². The normalized spacial score (nSPS) is 10.7. The van der Waals surface area contributed by atoms with E-state index in [1.165, 1.54) is 12.1 Å². The number of hydrogen-bond acceptors (Lipinski definition) is 3.